The second-order valence-electron chi connectivity index (χ2n) is 8.85. The van der Waals surface area contributed by atoms with E-state index in [1.807, 2.05) is 6.92 Å². The summed E-state index contributed by atoms with van der Waals surface area (Å²) in [5.74, 6) is -1.73. The molecular formula is C24H29N3O5S. The van der Waals surface area contributed by atoms with Crippen molar-refractivity contribution in [1.29, 1.82) is 0 Å². The summed E-state index contributed by atoms with van der Waals surface area (Å²) < 4.78 is 30.8. The van der Waals surface area contributed by atoms with Crippen molar-refractivity contribution in [1.82, 2.24) is 13.8 Å². The maximum atomic E-state index is 14.0. The van der Waals surface area contributed by atoms with Crippen LogP contribution in [0.15, 0.2) is 52.2 Å². The standard InChI is InChI=1S/C24H29N3O5S/c1-5-8-16-11-12-18-22-21(24(30)25(3)4)17(14-28)19(13-26(18)23(16)29)27(22)33(31,32)20-10-7-6-9-15(20)2/h5-12,17,19,21-22,28H,13-14H2,1-4H3/b8-5-/t17-,19-,21+,22+/m1/s1. The van der Waals surface area contributed by atoms with Crippen molar-refractivity contribution in [2.75, 3.05) is 20.7 Å². The minimum atomic E-state index is -4.02. The van der Waals surface area contributed by atoms with E-state index in [9.17, 15) is 23.1 Å². The summed E-state index contributed by atoms with van der Waals surface area (Å²) in [6, 6.07) is 8.48. The van der Waals surface area contributed by atoms with Gasteiger partial charge in [0.2, 0.25) is 15.9 Å². The van der Waals surface area contributed by atoms with E-state index in [2.05, 4.69) is 0 Å². The van der Waals surface area contributed by atoms with E-state index >= 15 is 0 Å². The van der Waals surface area contributed by atoms with Gasteiger partial charge in [0.05, 0.1) is 16.9 Å². The van der Waals surface area contributed by atoms with Gasteiger partial charge in [0, 0.05) is 50.5 Å². The monoisotopic (exact) mass is 471 g/mol. The molecule has 176 valence electrons. The number of aliphatic hydroxyl groups excluding tert-OH is 1. The molecule has 0 saturated carbocycles. The number of sulfonamides is 1. The first kappa shape index (κ1) is 23.4. The van der Waals surface area contributed by atoms with Crippen molar-refractivity contribution in [2.24, 2.45) is 11.8 Å². The molecule has 3 heterocycles. The van der Waals surface area contributed by atoms with Crippen LogP contribution in [0.1, 0.15) is 29.8 Å². The number of nitrogens with zero attached hydrogens (tertiary/aromatic N) is 3. The molecule has 2 bridgehead atoms. The third kappa shape index (κ3) is 3.55. The van der Waals surface area contributed by atoms with Gasteiger partial charge in [-0.15, -0.1) is 0 Å². The third-order valence-electron chi connectivity index (χ3n) is 6.74. The highest BCUT2D eigenvalue weighted by Crippen LogP contribution is 2.51. The maximum absolute atomic E-state index is 14.0. The predicted molar refractivity (Wildman–Crippen MR) is 125 cm³/mol. The van der Waals surface area contributed by atoms with E-state index in [-0.39, 0.29) is 29.5 Å². The van der Waals surface area contributed by atoms with Crippen LogP contribution in [0.5, 0.6) is 0 Å². The van der Waals surface area contributed by atoms with Crippen LogP contribution in [-0.4, -0.2) is 59.9 Å². The van der Waals surface area contributed by atoms with Crippen LogP contribution in [0.25, 0.3) is 6.08 Å². The van der Waals surface area contributed by atoms with Crippen LogP contribution in [0.3, 0.4) is 0 Å². The number of aliphatic hydroxyl groups is 1. The van der Waals surface area contributed by atoms with Crippen molar-refractivity contribution < 1.29 is 18.3 Å². The van der Waals surface area contributed by atoms with Gasteiger partial charge in [-0.3, -0.25) is 9.59 Å². The Morgan fingerprint density at radius 2 is 1.91 bits per heavy atom. The minimum Gasteiger partial charge on any atom is -0.396 e. The molecular weight excluding hydrogens is 442 g/mol. The quantitative estimate of drug-likeness (QED) is 0.715. The molecule has 0 aliphatic carbocycles. The smallest absolute Gasteiger partial charge is 0.258 e. The lowest BCUT2D eigenvalue weighted by molar-refractivity contribution is -0.135. The first-order valence-electron chi connectivity index (χ1n) is 10.9. The molecule has 8 nitrogen and oxygen atoms in total. The van der Waals surface area contributed by atoms with Crippen LogP contribution in [0.2, 0.25) is 0 Å². The molecule has 4 atom stereocenters. The zero-order valence-electron chi connectivity index (χ0n) is 19.2. The Labute approximate surface area is 193 Å². The molecule has 1 aromatic carbocycles. The molecule has 0 spiro atoms. The predicted octanol–water partition coefficient (Wildman–Crippen LogP) is 1.63. The molecule has 2 aliphatic rings. The summed E-state index contributed by atoms with van der Waals surface area (Å²) in [6.45, 7) is 3.25. The van der Waals surface area contributed by atoms with E-state index < -0.39 is 33.9 Å². The van der Waals surface area contributed by atoms with Crippen LogP contribution >= 0.6 is 0 Å². The van der Waals surface area contributed by atoms with Crippen molar-refractivity contribution in [2.45, 2.75) is 37.4 Å². The molecule has 33 heavy (non-hydrogen) atoms. The van der Waals surface area contributed by atoms with Crippen LogP contribution in [0.4, 0.5) is 0 Å². The molecule has 0 radical (unpaired) electrons. The number of hydrogen-bond donors (Lipinski definition) is 1. The lowest BCUT2D eigenvalue weighted by Gasteiger charge is -2.37. The second-order valence-corrected chi connectivity index (χ2v) is 10.7. The molecule has 2 aromatic rings. The van der Waals surface area contributed by atoms with E-state index in [1.165, 1.54) is 9.21 Å². The Morgan fingerprint density at radius 3 is 2.52 bits per heavy atom. The van der Waals surface area contributed by atoms with Gasteiger partial charge in [-0.1, -0.05) is 30.4 Å². The van der Waals surface area contributed by atoms with Crippen LogP contribution in [-0.2, 0) is 21.4 Å². The van der Waals surface area contributed by atoms with Crippen LogP contribution < -0.4 is 5.56 Å². The summed E-state index contributed by atoms with van der Waals surface area (Å²) in [5.41, 5.74) is 1.33. The normalized spacial score (nSPS) is 24.8. The summed E-state index contributed by atoms with van der Waals surface area (Å²) in [5, 5.41) is 10.3. The first-order chi connectivity index (χ1) is 15.6. The number of rotatable bonds is 5. The van der Waals surface area contributed by atoms with Crippen molar-refractivity contribution in [3.05, 3.63) is 69.6 Å². The Hall–Kier alpha value is -2.75. The number of aromatic nitrogens is 1. The number of amides is 1. The lowest BCUT2D eigenvalue weighted by Crippen LogP contribution is -2.49. The lowest BCUT2D eigenvalue weighted by atomic mass is 9.86. The van der Waals surface area contributed by atoms with Gasteiger partial charge in [-0.2, -0.15) is 4.31 Å². The average Bonchev–Trinajstić information content (AvgIpc) is 3.03. The molecule has 0 unspecified atom stereocenters. The van der Waals surface area contributed by atoms with Crippen LogP contribution in [0, 0.1) is 18.8 Å². The highest BCUT2D eigenvalue weighted by Gasteiger charge is 2.60. The Kier molecular flexibility index (Phi) is 6.07. The molecule has 1 N–H and O–H groups in total. The van der Waals surface area contributed by atoms with E-state index in [0.29, 0.717) is 16.8 Å². The number of fused-ring (bicyclic) bond motifs is 4. The number of benzene rings is 1. The maximum Gasteiger partial charge on any atom is 0.258 e. The molecule has 1 amide bonds. The zero-order chi connectivity index (χ0) is 24.1. The Bertz CT molecular complexity index is 1280. The molecule has 1 aromatic heterocycles. The van der Waals surface area contributed by atoms with E-state index in [1.54, 1.807) is 74.1 Å². The first-order valence-corrected chi connectivity index (χ1v) is 12.4. The molecule has 4 rings (SSSR count). The summed E-state index contributed by atoms with van der Waals surface area (Å²) in [4.78, 5) is 28.1. The number of carbonyl (C=O) groups is 1. The minimum absolute atomic E-state index is 0.0730. The summed E-state index contributed by atoms with van der Waals surface area (Å²) in [6.07, 6.45) is 3.48. The largest absolute Gasteiger partial charge is 0.396 e. The Morgan fingerprint density at radius 1 is 1.21 bits per heavy atom. The number of aryl methyl sites for hydroxylation is 1. The third-order valence-corrected chi connectivity index (χ3v) is 8.81. The topological polar surface area (TPSA) is 99.9 Å². The number of hydrogen-bond acceptors (Lipinski definition) is 5. The van der Waals surface area contributed by atoms with Gasteiger partial charge in [0.25, 0.3) is 5.56 Å². The highest BCUT2D eigenvalue weighted by molar-refractivity contribution is 7.89. The summed E-state index contributed by atoms with van der Waals surface area (Å²) in [7, 11) is -0.792. The fourth-order valence-electron chi connectivity index (χ4n) is 5.25. The number of carbonyl (C=O) groups excluding carboxylic acids is 1. The molecule has 1 fully saturated rings. The van der Waals surface area contributed by atoms with Crippen molar-refractivity contribution >= 4 is 22.0 Å². The zero-order valence-corrected chi connectivity index (χ0v) is 20.0. The Balaban J connectivity index is 1.98. The van der Waals surface area contributed by atoms with Gasteiger partial charge in [0.15, 0.2) is 0 Å². The van der Waals surface area contributed by atoms with E-state index in [4.69, 9.17) is 0 Å². The number of allylic oxidation sites excluding steroid dienone is 1. The fraction of sp³-hybridized carbons (Fsp3) is 0.417. The van der Waals surface area contributed by atoms with Gasteiger partial charge in [-0.05, 0) is 37.6 Å². The van der Waals surface area contributed by atoms with Crippen molar-refractivity contribution in [3.63, 3.8) is 0 Å². The molecule has 2 aliphatic heterocycles. The van der Waals surface area contributed by atoms with Gasteiger partial charge in [0.1, 0.15) is 0 Å². The van der Waals surface area contributed by atoms with Crippen molar-refractivity contribution in [3.8, 4) is 0 Å². The summed E-state index contributed by atoms with van der Waals surface area (Å²) >= 11 is 0. The number of pyridine rings is 1. The molecule has 1 saturated heterocycles. The van der Waals surface area contributed by atoms with E-state index in [0.717, 1.165) is 0 Å². The fourth-order valence-corrected chi connectivity index (χ4v) is 7.32. The molecule has 9 heteroatoms. The van der Waals surface area contributed by atoms with Gasteiger partial charge < -0.3 is 14.6 Å². The average molecular weight is 472 g/mol. The van der Waals surface area contributed by atoms with Gasteiger partial charge in [-0.25, -0.2) is 8.42 Å². The SMILES string of the molecule is C/C=C\c1ccc2n(c1=O)C[C@@H]1[C@@H](CO)[C@H](C(=O)N(C)C)[C@H]2N1S(=O)(=O)c1ccccc1C. The van der Waals surface area contributed by atoms with Gasteiger partial charge >= 0.3 is 0 Å². The second kappa shape index (κ2) is 8.55. The highest BCUT2D eigenvalue weighted by atomic mass is 32.2.